The number of hydrogen-bond donors (Lipinski definition) is 0. The molecule has 1 aromatic heterocycles. The highest BCUT2D eigenvalue weighted by atomic mass is 32.1. The van der Waals surface area contributed by atoms with Crippen LogP contribution in [0.15, 0.2) is 30.3 Å². The number of likely N-dealkylation sites (tertiary alicyclic amines) is 1. The monoisotopic (exact) mass is 302 g/mol. The lowest BCUT2D eigenvalue weighted by Gasteiger charge is -2.28. The van der Waals surface area contributed by atoms with Crippen LogP contribution < -0.4 is 4.74 Å². The summed E-state index contributed by atoms with van der Waals surface area (Å²) in [7, 11) is 2.19. The molecule has 0 amide bonds. The molecule has 2 aromatic rings. The summed E-state index contributed by atoms with van der Waals surface area (Å²) in [4.78, 5) is 8.22. The maximum absolute atomic E-state index is 5.99. The Hall–Kier alpha value is -1.39. The van der Waals surface area contributed by atoms with E-state index >= 15 is 0 Å². The van der Waals surface area contributed by atoms with Crippen LogP contribution in [0.5, 0.6) is 5.88 Å². The third-order valence-corrected chi connectivity index (χ3v) is 5.07. The highest BCUT2D eigenvalue weighted by Crippen LogP contribution is 2.32. The van der Waals surface area contributed by atoms with Gasteiger partial charge in [-0.3, -0.25) is 0 Å². The molecule has 1 aromatic carbocycles. The number of aromatic nitrogens is 1. The molecule has 1 fully saturated rings. The number of piperidine rings is 1. The molecule has 1 aliphatic heterocycles. The number of nitrogens with zero attached hydrogens (tertiary/aromatic N) is 2. The van der Waals surface area contributed by atoms with E-state index in [0.717, 1.165) is 17.5 Å². The van der Waals surface area contributed by atoms with Crippen molar-refractivity contribution in [2.24, 2.45) is 5.92 Å². The molecule has 0 spiro atoms. The van der Waals surface area contributed by atoms with Gasteiger partial charge in [-0.1, -0.05) is 30.3 Å². The zero-order valence-electron chi connectivity index (χ0n) is 12.7. The Morgan fingerprint density at radius 3 is 2.67 bits per heavy atom. The van der Waals surface area contributed by atoms with E-state index in [-0.39, 0.29) is 0 Å². The van der Waals surface area contributed by atoms with Crippen molar-refractivity contribution in [3.05, 3.63) is 35.2 Å². The maximum Gasteiger partial charge on any atom is 0.228 e. The Bertz CT molecular complexity index is 574. The van der Waals surface area contributed by atoms with Gasteiger partial charge >= 0.3 is 0 Å². The smallest absolute Gasteiger partial charge is 0.228 e. The van der Waals surface area contributed by atoms with E-state index in [4.69, 9.17) is 4.74 Å². The van der Waals surface area contributed by atoms with Gasteiger partial charge in [0.05, 0.1) is 11.5 Å². The van der Waals surface area contributed by atoms with Gasteiger partial charge in [0.25, 0.3) is 0 Å². The van der Waals surface area contributed by atoms with Crippen LogP contribution in [0.1, 0.15) is 17.7 Å². The summed E-state index contributed by atoms with van der Waals surface area (Å²) < 4.78 is 5.99. The first-order chi connectivity index (χ1) is 10.2. The average molecular weight is 302 g/mol. The van der Waals surface area contributed by atoms with Crippen LogP contribution in [0.3, 0.4) is 0 Å². The molecule has 21 heavy (non-hydrogen) atoms. The van der Waals surface area contributed by atoms with Crippen LogP contribution in [-0.4, -0.2) is 36.6 Å². The first-order valence-corrected chi connectivity index (χ1v) is 8.38. The summed E-state index contributed by atoms with van der Waals surface area (Å²) in [5.74, 6) is 1.49. The average Bonchev–Trinajstić information content (AvgIpc) is 2.89. The molecule has 0 atom stereocenters. The van der Waals surface area contributed by atoms with Gasteiger partial charge in [0, 0.05) is 5.56 Å². The number of benzene rings is 1. The van der Waals surface area contributed by atoms with Crippen molar-refractivity contribution in [1.82, 2.24) is 9.88 Å². The Morgan fingerprint density at radius 1 is 1.24 bits per heavy atom. The van der Waals surface area contributed by atoms with E-state index < -0.39 is 0 Å². The minimum Gasteiger partial charge on any atom is -0.477 e. The third-order valence-electron chi connectivity index (χ3n) is 4.07. The summed E-state index contributed by atoms with van der Waals surface area (Å²) in [5, 5.41) is 1.05. The molecule has 0 aliphatic carbocycles. The second-order valence-electron chi connectivity index (χ2n) is 5.80. The van der Waals surface area contributed by atoms with Crippen molar-refractivity contribution in [3.63, 3.8) is 0 Å². The molecule has 1 aliphatic rings. The Morgan fingerprint density at radius 2 is 1.95 bits per heavy atom. The first kappa shape index (κ1) is 14.5. The second kappa shape index (κ2) is 6.58. The van der Waals surface area contributed by atoms with E-state index in [2.05, 4.69) is 36.0 Å². The first-order valence-electron chi connectivity index (χ1n) is 7.56. The van der Waals surface area contributed by atoms with Crippen molar-refractivity contribution < 1.29 is 4.74 Å². The Kier molecular flexibility index (Phi) is 4.56. The molecule has 3 rings (SSSR count). The molecule has 4 heteroatoms. The van der Waals surface area contributed by atoms with E-state index in [1.807, 2.05) is 18.2 Å². The SMILES string of the molecule is Cc1sc(-c2ccccc2)nc1OCC1CCN(C)CC1. The summed E-state index contributed by atoms with van der Waals surface area (Å²) >= 11 is 1.71. The predicted molar refractivity (Wildman–Crippen MR) is 88.0 cm³/mol. The van der Waals surface area contributed by atoms with Gasteiger partial charge in [0.2, 0.25) is 5.88 Å². The maximum atomic E-state index is 5.99. The fourth-order valence-electron chi connectivity index (χ4n) is 2.65. The number of hydrogen-bond acceptors (Lipinski definition) is 4. The van der Waals surface area contributed by atoms with E-state index in [1.165, 1.54) is 36.4 Å². The Balaban J connectivity index is 1.62. The minimum absolute atomic E-state index is 0.669. The molecule has 0 saturated carbocycles. The fourth-order valence-corrected chi connectivity index (χ4v) is 3.51. The molecule has 112 valence electrons. The predicted octanol–water partition coefficient (Wildman–Crippen LogP) is 3.84. The summed E-state index contributed by atoms with van der Waals surface area (Å²) in [6.45, 7) is 5.25. The van der Waals surface area contributed by atoms with Gasteiger partial charge in [-0.15, -0.1) is 11.3 Å². The van der Waals surface area contributed by atoms with Crippen LogP contribution in [0.2, 0.25) is 0 Å². The van der Waals surface area contributed by atoms with E-state index in [1.54, 1.807) is 11.3 Å². The van der Waals surface area contributed by atoms with Gasteiger partial charge in [-0.2, -0.15) is 0 Å². The third kappa shape index (κ3) is 3.63. The molecular weight excluding hydrogens is 280 g/mol. The summed E-state index contributed by atoms with van der Waals surface area (Å²) in [5.41, 5.74) is 1.17. The van der Waals surface area contributed by atoms with Gasteiger partial charge in [0.1, 0.15) is 5.01 Å². The largest absolute Gasteiger partial charge is 0.477 e. The fraction of sp³-hybridized carbons (Fsp3) is 0.471. The molecule has 0 N–H and O–H groups in total. The zero-order chi connectivity index (χ0) is 14.7. The van der Waals surface area contributed by atoms with Crippen molar-refractivity contribution in [1.29, 1.82) is 0 Å². The van der Waals surface area contributed by atoms with Crippen molar-refractivity contribution in [2.75, 3.05) is 26.7 Å². The van der Waals surface area contributed by atoms with Crippen LogP contribution in [0.4, 0.5) is 0 Å². The lowest BCUT2D eigenvalue weighted by atomic mass is 9.98. The van der Waals surface area contributed by atoms with Gasteiger partial charge in [-0.25, -0.2) is 4.98 Å². The van der Waals surface area contributed by atoms with Crippen LogP contribution in [0.25, 0.3) is 10.6 Å². The van der Waals surface area contributed by atoms with Gasteiger partial charge in [0.15, 0.2) is 0 Å². The lowest BCUT2D eigenvalue weighted by molar-refractivity contribution is 0.157. The van der Waals surface area contributed by atoms with E-state index in [9.17, 15) is 0 Å². The number of aryl methyl sites for hydroxylation is 1. The molecular formula is C17H22N2OS. The Labute approximate surface area is 130 Å². The van der Waals surface area contributed by atoms with Gasteiger partial charge in [-0.05, 0) is 45.8 Å². The van der Waals surface area contributed by atoms with Crippen LogP contribution >= 0.6 is 11.3 Å². The van der Waals surface area contributed by atoms with Crippen molar-refractivity contribution >= 4 is 11.3 Å². The summed E-state index contributed by atoms with van der Waals surface area (Å²) in [6.07, 6.45) is 2.45. The lowest BCUT2D eigenvalue weighted by Crippen LogP contribution is -2.32. The quantitative estimate of drug-likeness (QED) is 0.858. The molecule has 0 bridgehead atoms. The van der Waals surface area contributed by atoms with Gasteiger partial charge < -0.3 is 9.64 Å². The molecule has 1 saturated heterocycles. The molecule has 2 heterocycles. The topological polar surface area (TPSA) is 25.4 Å². The highest BCUT2D eigenvalue weighted by molar-refractivity contribution is 7.15. The zero-order valence-corrected chi connectivity index (χ0v) is 13.5. The summed E-state index contributed by atoms with van der Waals surface area (Å²) in [6, 6.07) is 10.3. The number of rotatable bonds is 4. The second-order valence-corrected chi connectivity index (χ2v) is 7.01. The molecule has 0 radical (unpaired) electrons. The van der Waals surface area contributed by atoms with Crippen LogP contribution in [-0.2, 0) is 0 Å². The van der Waals surface area contributed by atoms with Crippen molar-refractivity contribution in [2.45, 2.75) is 19.8 Å². The number of ether oxygens (including phenoxy) is 1. The van der Waals surface area contributed by atoms with Crippen molar-refractivity contribution in [3.8, 4) is 16.5 Å². The molecule has 0 unspecified atom stereocenters. The van der Waals surface area contributed by atoms with Crippen LogP contribution in [0, 0.1) is 12.8 Å². The highest BCUT2D eigenvalue weighted by Gasteiger charge is 2.18. The minimum atomic E-state index is 0.669. The number of thiazole rings is 1. The van der Waals surface area contributed by atoms with E-state index in [0.29, 0.717) is 5.92 Å². The molecule has 3 nitrogen and oxygen atoms in total. The standard InChI is InChI=1S/C17H22N2OS/c1-13-16(20-12-14-8-10-19(2)11-9-14)18-17(21-13)15-6-4-3-5-7-15/h3-7,14H,8-12H2,1-2H3. The normalized spacial score (nSPS) is 17.0.